The summed E-state index contributed by atoms with van der Waals surface area (Å²) >= 11 is 0. The van der Waals surface area contributed by atoms with Crippen LogP contribution >= 0.6 is 0 Å². The fraction of sp³-hybridized carbons (Fsp3) is 0. The zero-order valence-electron chi connectivity index (χ0n) is 6.67. The zero-order chi connectivity index (χ0) is 11.3. The molecule has 0 fully saturated rings. The standard InChI is InChI=1S/C7H6O7/c8-3(1-5(10)7(13)14)4(9)2-6(11)12/h1-2,8-9H,(H,11,12)(H,13,14). The summed E-state index contributed by atoms with van der Waals surface area (Å²) in [6.07, 6.45) is 0.401. The number of carboxylic acid groups (broad SMARTS) is 2. The molecule has 0 rings (SSSR count). The Kier molecular flexibility index (Phi) is 3.88. The van der Waals surface area contributed by atoms with E-state index in [1.165, 1.54) is 0 Å². The fourth-order valence-electron chi connectivity index (χ4n) is 0.451. The van der Waals surface area contributed by atoms with Gasteiger partial charge in [-0.05, 0) is 0 Å². The highest BCUT2D eigenvalue weighted by molar-refractivity contribution is 6.37. The molecule has 0 aromatic carbocycles. The predicted octanol–water partition coefficient (Wildman–Crippen LogP) is -0.391. The molecule has 4 N–H and O–H groups in total. The second kappa shape index (κ2) is 4.65. The lowest BCUT2D eigenvalue weighted by atomic mass is 10.3. The van der Waals surface area contributed by atoms with E-state index in [0.717, 1.165) is 0 Å². The topological polar surface area (TPSA) is 132 Å². The van der Waals surface area contributed by atoms with E-state index in [9.17, 15) is 14.4 Å². The molecule has 76 valence electrons. The van der Waals surface area contributed by atoms with Gasteiger partial charge in [0, 0.05) is 6.08 Å². The summed E-state index contributed by atoms with van der Waals surface area (Å²) in [6, 6.07) is 0. The number of hydrogen-bond acceptors (Lipinski definition) is 5. The number of carbonyl (C=O) groups is 3. The minimum absolute atomic E-state index is 0.192. The average Bonchev–Trinajstić information content (AvgIpc) is 2.02. The molecule has 7 nitrogen and oxygen atoms in total. The molecule has 0 spiro atoms. The molecule has 0 unspecified atom stereocenters. The average molecular weight is 202 g/mol. The Morgan fingerprint density at radius 2 is 1.21 bits per heavy atom. The first kappa shape index (κ1) is 11.7. The van der Waals surface area contributed by atoms with Gasteiger partial charge in [-0.25, -0.2) is 9.59 Å². The van der Waals surface area contributed by atoms with Crippen LogP contribution in [0.5, 0.6) is 0 Å². The van der Waals surface area contributed by atoms with Crippen LogP contribution in [0.4, 0.5) is 0 Å². The maximum atomic E-state index is 10.4. The van der Waals surface area contributed by atoms with Crippen molar-refractivity contribution in [1.29, 1.82) is 0 Å². The molecule has 0 radical (unpaired) electrons. The third-order valence-corrected chi connectivity index (χ3v) is 1.00. The Labute approximate surface area is 77.2 Å². The molecule has 0 aliphatic rings. The molecule has 0 amide bonds. The molecule has 0 heterocycles. The monoisotopic (exact) mass is 202 g/mol. The van der Waals surface area contributed by atoms with Crippen LogP contribution in [-0.4, -0.2) is 38.1 Å². The number of carbonyl (C=O) groups excluding carboxylic acids is 1. The van der Waals surface area contributed by atoms with Gasteiger partial charge < -0.3 is 20.4 Å². The lowest BCUT2D eigenvalue weighted by Gasteiger charge is -1.95. The molecular weight excluding hydrogens is 196 g/mol. The normalized spacial score (nSPS) is 12.3. The van der Waals surface area contributed by atoms with Gasteiger partial charge in [-0.1, -0.05) is 0 Å². The van der Waals surface area contributed by atoms with Crippen molar-refractivity contribution in [3.05, 3.63) is 23.7 Å². The number of aliphatic hydroxyl groups excluding tert-OH is 2. The number of ketones is 1. The SMILES string of the molecule is O=C(O)C=C(O)C(O)=CC(=O)C(=O)O. The van der Waals surface area contributed by atoms with Gasteiger partial charge in [0.15, 0.2) is 11.5 Å². The van der Waals surface area contributed by atoms with Crippen LogP contribution in [0.2, 0.25) is 0 Å². The molecule has 0 saturated carbocycles. The van der Waals surface area contributed by atoms with Crippen molar-refractivity contribution in [3.63, 3.8) is 0 Å². The molecule has 0 saturated heterocycles. The molecule has 14 heavy (non-hydrogen) atoms. The highest BCUT2D eigenvalue weighted by Crippen LogP contribution is 2.01. The maximum absolute atomic E-state index is 10.4. The number of rotatable bonds is 4. The molecular formula is C7H6O7. The Hall–Kier alpha value is -2.31. The van der Waals surface area contributed by atoms with Crippen LogP contribution in [0.25, 0.3) is 0 Å². The molecule has 0 aliphatic carbocycles. The lowest BCUT2D eigenvalue weighted by molar-refractivity contribution is -0.146. The van der Waals surface area contributed by atoms with Crippen LogP contribution in [-0.2, 0) is 14.4 Å². The van der Waals surface area contributed by atoms with Gasteiger partial charge in [0.1, 0.15) is 0 Å². The van der Waals surface area contributed by atoms with Gasteiger partial charge >= 0.3 is 11.9 Å². The van der Waals surface area contributed by atoms with E-state index >= 15 is 0 Å². The smallest absolute Gasteiger partial charge is 0.376 e. The van der Waals surface area contributed by atoms with Crippen molar-refractivity contribution >= 4 is 17.7 Å². The van der Waals surface area contributed by atoms with Crippen LogP contribution in [0.3, 0.4) is 0 Å². The number of hydrogen-bond donors (Lipinski definition) is 4. The van der Waals surface area contributed by atoms with E-state index < -0.39 is 29.2 Å². The van der Waals surface area contributed by atoms with Crippen molar-refractivity contribution in [2.75, 3.05) is 0 Å². The first-order valence-electron chi connectivity index (χ1n) is 3.16. The molecule has 7 heteroatoms. The predicted molar refractivity (Wildman–Crippen MR) is 41.7 cm³/mol. The minimum atomic E-state index is -1.83. The summed E-state index contributed by atoms with van der Waals surface area (Å²) in [5.41, 5.74) is 0. The summed E-state index contributed by atoms with van der Waals surface area (Å²) in [5.74, 6) is -7.09. The number of aliphatic hydroxyl groups is 2. The number of carboxylic acids is 2. The largest absolute Gasteiger partial charge is 0.504 e. The van der Waals surface area contributed by atoms with E-state index in [1.807, 2.05) is 0 Å². The van der Waals surface area contributed by atoms with Crippen LogP contribution in [0.15, 0.2) is 23.7 Å². The molecule has 0 atom stereocenters. The Bertz CT molecular complexity index is 336. The van der Waals surface area contributed by atoms with Gasteiger partial charge in [-0.15, -0.1) is 0 Å². The lowest BCUT2D eigenvalue weighted by Crippen LogP contribution is -2.10. The fourth-order valence-corrected chi connectivity index (χ4v) is 0.451. The molecule has 0 aromatic rings. The molecule has 0 aliphatic heterocycles. The number of aliphatic carboxylic acids is 2. The van der Waals surface area contributed by atoms with Crippen LogP contribution < -0.4 is 0 Å². The van der Waals surface area contributed by atoms with Crippen molar-refractivity contribution in [1.82, 2.24) is 0 Å². The van der Waals surface area contributed by atoms with Gasteiger partial charge in [-0.3, -0.25) is 4.79 Å². The summed E-state index contributed by atoms with van der Waals surface area (Å²) < 4.78 is 0. The molecule has 0 bridgehead atoms. The van der Waals surface area contributed by atoms with Crippen molar-refractivity contribution in [2.45, 2.75) is 0 Å². The summed E-state index contributed by atoms with van der Waals surface area (Å²) in [7, 11) is 0. The summed E-state index contributed by atoms with van der Waals surface area (Å²) in [5, 5.41) is 33.7. The minimum Gasteiger partial charge on any atom is -0.504 e. The van der Waals surface area contributed by atoms with E-state index in [2.05, 4.69) is 0 Å². The third kappa shape index (κ3) is 3.90. The highest BCUT2D eigenvalue weighted by atomic mass is 16.4. The van der Waals surface area contributed by atoms with Crippen LogP contribution in [0.1, 0.15) is 0 Å². The van der Waals surface area contributed by atoms with Crippen molar-refractivity contribution < 1.29 is 34.8 Å². The van der Waals surface area contributed by atoms with E-state index in [-0.39, 0.29) is 12.2 Å². The first-order chi connectivity index (χ1) is 6.34. The Morgan fingerprint density at radius 1 is 0.786 bits per heavy atom. The van der Waals surface area contributed by atoms with E-state index in [1.54, 1.807) is 0 Å². The van der Waals surface area contributed by atoms with Crippen molar-refractivity contribution in [3.8, 4) is 0 Å². The second-order valence-electron chi connectivity index (χ2n) is 2.07. The Morgan fingerprint density at radius 3 is 1.57 bits per heavy atom. The highest BCUT2D eigenvalue weighted by Gasteiger charge is 2.11. The van der Waals surface area contributed by atoms with E-state index in [4.69, 9.17) is 20.4 Å². The van der Waals surface area contributed by atoms with Gasteiger partial charge in [-0.2, -0.15) is 0 Å². The molecule has 0 aromatic heterocycles. The van der Waals surface area contributed by atoms with Crippen molar-refractivity contribution in [2.24, 2.45) is 0 Å². The Balaban J connectivity index is 4.78. The van der Waals surface area contributed by atoms with E-state index in [0.29, 0.717) is 0 Å². The maximum Gasteiger partial charge on any atom is 0.376 e. The zero-order valence-corrected chi connectivity index (χ0v) is 6.67. The summed E-state index contributed by atoms with van der Waals surface area (Å²) in [6.45, 7) is 0. The van der Waals surface area contributed by atoms with Gasteiger partial charge in [0.2, 0.25) is 0 Å². The third-order valence-electron chi connectivity index (χ3n) is 1.00. The van der Waals surface area contributed by atoms with Gasteiger partial charge in [0.05, 0.1) is 6.08 Å². The first-order valence-corrected chi connectivity index (χ1v) is 3.16. The van der Waals surface area contributed by atoms with Crippen LogP contribution in [0, 0.1) is 0 Å². The summed E-state index contributed by atoms with van der Waals surface area (Å²) in [4.78, 5) is 30.3. The quantitative estimate of drug-likeness (QED) is 0.211. The second-order valence-corrected chi connectivity index (χ2v) is 2.07. The van der Waals surface area contributed by atoms with Gasteiger partial charge in [0.25, 0.3) is 5.78 Å².